The first kappa shape index (κ1) is 10.9. The van der Waals surface area contributed by atoms with E-state index in [1.807, 2.05) is 0 Å². The van der Waals surface area contributed by atoms with Crippen molar-refractivity contribution in [2.45, 2.75) is 13.3 Å². The fourth-order valence-electron chi connectivity index (χ4n) is 1.66. The highest BCUT2D eigenvalue weighted by Crippen LogP contribution is 2.36. The average molecular weight is 220 g/mol. The van der Waals surface area contributed by atoms with E-state index in [2.05, 4.69) is 22.7 Å². The Balaban J connectivity index is 1.92. The Kier molecular flexibility index (Phi) is 3.05. The van der Waals surface area contributed by atoms with Crippen molar-refractivity contribution in [3.8, 4) is 0 Å². The molecule has 1 aliphatic rings. The van der Waals surface area contributed by atoms with Gasteiger partial charge in [0.1, 0.15) is 5.82 Å². The van der Waals surface area contributed by atoms with Gasteiger partial charge in [-0.3, -0.25) is 4.79 Å². The van der Waals surface area contributed by atoms with Crippen molar-refractivity contribution < 1.29 is 4.79 Å². The minimum atomic E-state index is -0.0713. The zero-order valence-electron chi connectivity index (χ0n) is 9.23. The van der Waals surface area contributed by atoms with Crippen LogP contribution in [0.25, 0.3) is 0 Å². The number of nitrogens with one attached hydrogen (secondary N) is 2. The SMILES string of the molecule is CC1CC1CNC(=O)c1ccnc(NN)c1. The maximum atomic E-state index is 11.7. The van der Waals surface area contributed by atoms with Crippen LogP contribution in [0.5, 0.6) is 0 Å². The first-order valence-corrected chi connectivity index (χ1v) is 5.41. The number of nitrogens with two attached hydrogens (primary N) is 1. The normalized spacial score (nSPS) is 22.6. The van der Waals surface area contributed by atoms with Crippen LogP contribution in [0.1, 0.15) is 23.7 Å². The molecule has 1 amide bonds. The van der Waals surface area contributed by atoms with Gasteiger partial charge in [0, 0.05) is 18.3 Å². The molecule has 0 saturated heterocycles. The number of hydrogen-bond acceptors (Lipinski definition) is 4. The molecule has 0 aliphatic heterocycles. The smallest absolute Gasteiger partial charge is 0.251 e. The Bertz CT molecular complexity index is 393. The lowest BCUT2D eigenvalue weighted by Gasteiger charge is -2.05. The Morgan fingerprint density at radius 3 is 3.06 bits per heavy atom. The third kappa shape index (κ3) is 2.49. The molecular formula is C11H16N4O. The molecule has 1 aromatic rings. The predicted octanol–water partition coefficient (Wildman–Crippen LogP) is 0.753. The second kappa shape index (κ2) is 4.49. The van der Waals surface area contributed by atoms with Gasteiger partial charge in [-0.25, -0.2) is 10.8 Å². The van der Waals surface area contributed by atoms with E-state index in [0.29, 0.717) is 17.3 Å². The average Bonchev–Trinajstić information content (AvgIpc) is 3.02. The third-order valence-corrected chi connectivity index (χ3v) is 2.97. The summed E-state index contributed by atoms with van der Waals surface area (Å²) < 4.78 is 0. The van der Waals surface area contributed by atoms with Gasteiger partial charge < -0.3 is 10.7 Å². The van der Waals surface area contributed by atoms with E-state index in [0.717, 1.165) is 12.5 Å². The van der Waals surface area contributed by atoms with Crippen molar-refractivity contribution in [3.05, 3.63) is 23.9 Å². The van der Waals surface area contributed by atoms with Gasteiger partial charge in [-0.2, -0.15) is 0 Å². The molecule has 2 unspecified atom stereocenters. The largest absolute Gasteiger partial charge is 0.352 e. The zero-order valence-corrected chi connectivity index (χ0v) is 9.23. The Hall–Kier alpha value is -1.62. The van der Waals surface area contributed by atoms with E-state index in [-0.39, 0.29) is 5.91 Å². The van der Waals surface area contributed by atoms with Crippen molar-refractivity contribution >= 4 is 11.7 Å². The maximum absolute atomic E-state index is 11.7. The first-order valence-electron chi connectivity index (χ1n) is 5.41. The van der Waals surface area contributed by atoms with E-state index in [9.17, 15) is 4.79 Å². The number of pyridine rings is 1. The Morgan fingerprint density at radius 2 is 2.44 bits per heavy atom. The molecule has 5 heteroatoms. The minimum absolute atomic E-state index is 0.0713. The second-order valence-corrected chi connectivity index (χ2v) is 4.26. The van der Waals surface area contributed by atoms with Gasteiger partial charge in [-0.1, -0.05) is 6.92 Å². The van der Waals surface area contributed by atoms with Crippen molar-refractivity contribution in [1.29, 1.82) is 0 Å². The van der Waals surface area contributed by atoms with Gasteiger partial charge in [0.05, 0.1) is 0 Å². The quantitative estimate of drug-likeness (QED) is 0.517. The molecule has 2 rings (SSSR count). The van der Waals surface area contributed by atoms with E-state index >= 15 is 0 Å². The summed E-state index contributed by atoms with van der Waals surface area (Å²) in [5, 5.41) is 2.91. The maximum Gasteiger partial charge on any atom is 0.251 e. The molecule has 86 valence electrons. The fourth-order valence-corrected chi connectivity index (χ4v) is 1.66. The Labute approximate surface area is 94.4 Å². The highest BCUT2D eigenvalue weighted by atomic mass is 16.1. The number of nitrogens with zero attached hydrogens (tertiary/aromatic N) is 1. The van der Waals surface area contributed by atoms with Gasteiger partial charge in [0.15, 0.2) is 0 Å². The van der Waals surface area contributed by atoms with Gasteiger partial charge in [-0.05, 0) is 30.4 Å². The standard InChI is InChI=1S/C11H16N4O/c1-7-4-9(7)6-14-11(16)8-2-3-13-10(5-8)15-12/h2-3,5,7,9H,4,6,12H2,1H3,(H,13,15)(H,14,16). The van der Waals surface area contributed by atoms with Crippen molar-refractivity contribution in [2.75, 3.05) is 12.0 Å². The van der Waals surface area contributed by atoms with Gasteiger partial charge in [0.2, 0.25) is 0 Å². The van der Waals surface area contributed by atoms with Gasteiger partial charge >= 0.3 is 0 Å². The molecule has 0 spiro atoms. The highest BCUT2D eigenvalue weighted by Gasteiger charge is 2.32. The van der Waals surface area contributed by atoms with Crippen LogP contribution in [-0.2, 0) is 0 Å². The summed E-state index contributed by atoms with van der Waals surface area (Å²) in [5.74, 6) is 7.05. The fraction of sp³-hybridized carbons (Fsp3) is 0.455. The lowest BCUT2D eigenvalue weighted by atomic mass is 10.2. The second-order valence-electron chi connectivity index (χ2n) is 4.26. The van der Waals surface area contributed by atoms with Crippen molar-refractivity contribution in [1.82, 2.24) is 10.3 Å². The molecule has 0 radical (unpaired) electrons. The molecule has 1 saturated carbocycles. The molecule has 4 N–H and O–H groups in total. The van der Waals surface area contributed by atoms with E-state index < -0.39 is 0 Å². The van der Waals surface area contributed by atoms with Gasteiger partial charge in [-0.15, -0.1) is 0 Å². The lowest BCUT2D eigenvalue weighted by Crippen LogP contribution is -2.26. The van der Waals surface area contributed by atoms with Crippen molar-refractivity contribution in [3.63, 3.8) is 0 Å². The van der Waals surface area contributed by atoms with Crippen LogP contribution in [-0.4, -0.2) is 17.4 Å². The van der Waals surface area contributed by atoms with Crippen LogP contribution in [0.3, 0.4) is 0 Å². The number of carbonyl (C=O) groups excluding carboxylic acids is 1. The number of aromatic nitrogens is 1. The number of amides is 1. The van der Waals surface area contributed by atoms with Crippen LogP contribution in [0.2, 0.25) is 0 Å². The minimum Gasteiger partial charge on any atom is -0.352 e. The molecule has 0 aromatic carbocycles. The number of nitrogen functional groups attached to an aromatic ring is 1. The summed E-state index contributed by atoms with van der Waals surface area (Å²) in [6.07, 6.45) is 2.77. The van der Waals surface area contributed by atoms with Crippen LogP contribution in [0, 0.1) is 11.8 Å². The summed E-state index contributed by atoms with van der Waals surface area (Å²) in [6, 6.07) is 3.30. The highest BCUT2D eigenvalue weighted by molar-refractivity contribution is 5.94. The number of rotatable bonds is 4. The predicted molar refractivity (Wildman–Crippen MR) is 61.7 cm³/mol. The number of carbonyl (C=O) groups is 1. The zero-order chi connectivity index (χ0) is 11.5. The van der Waals surface area contributed by atoms with E-state index in [1.54, 1.807) is 18.3 Å². The van der Waals surface area contributed by atoms with E-state index in [4.69, 9.17) is 5.84 Å². The molecule has 1 aromatic heterocycles. The van der Waals surface area contributed by atoms with Crippen LogP contribution in [0.15, 0.2) is 18.3 Å². The van der Waals surface area contributed by atoms with Crippen LogP contribution >= 0.6 is 0 Å². The number of anilines is 1. The molecule has 5 nitrogen and oxygen atoms in total. The summed E-state index contributed by atoms with van der Waals surface area (Å²) in [4.78, 5) is 15.7. The number of hydrazine groups is 1. The van der Waals surface area contributed by atoms with Crippen molar-refractivity contribution in [2.24, 2.45) is 17.7 Å². The molecule has 16 heavy (non-hydrogen) atoms. The molecule has 0 bridgehead atoms. The summed E-state index contributed by atoms with van der Waals surface area (Å²) in [5.41, 5.74) is 3.00. The van der Waals surface area contributed by atoms with Crippen LogP contribution in [0.4, 0.5) is 5.82 Å². The monoisotopic (exact) mass is 220 g/mol. The van der Waals surface area contributed by atoms with Gasteiger partial charge in [0.25, 0.3) is 5.91 Å². The summed E-state index contributed by atoms with van der Waals surface area (Å²) >= 11 is 0. The number of hydrogen-bond donors (Lipinski definition) is 3. The molecule has 2 atom stereocenters. The summed E-state index contributed by atoms with van der Waals surface area (Å²) in [7, 11) is 0. The van der Waals surface area contributed by atoms with E-state index in [1.165, 1.54) is 6.42 Å². The first-order chi connectivity index (χ1) is 7.70. The molecule has 1 aliphatic carbocycles. The molecule has 1 fully saturated rings. The molecule has 1 heterocycles. The topological polar surface area (TPSA) is 80.0 Å². The van der Waals surface area contributed by atoms with Crippen LogP contribution < -0.4 is 16.6 Å². The lowest BCUT2D eigenvalue weighted by molar-refractivity contribution is 0.0951. The molecular weight excluding hydrogens is 204 g/mol. The Morgan fingerprint density at radius 1 is 1.69 bits per heavy atom. The summed E-state index contributed by atoms with van der Waals surface area (Å²) in [6.45, 7) is 2.95. The third-order valence-electron chi connectivity index (χ3n) is 2.97.